The number of carbonyl (C=O) groups excluding carboxylic acids is 2. The molecule has 0 unspecified atom stereocenters. The molecule has 0 atom stereocenters. The number of thioether (sulfide) groups is 1. The van der Waals surface area contributed by atoms with Crippen LogP contribution >= 0.6 is 23.4 Å². The molecular formula is C22H19ClO4S2. The normalized spacial score (nSPS) is 18.1. The number of hydrogen-bond donors (Lipinski definition) is 0. The third-order valence-corrected chi connectivity index (χ3v) is 8.59. The molecule has 150 valence electrons. The van der Waals surface area contributed by atoms with Crippen molar-refractivity contribution >= 4 is 44.8 Å². The molecule has 1 aliphatic heterocycles. The molecule has 0 N–H and O–H groups in total. The number of halogens is 1. The predicted molar refractivity (Wildman–Crippen MR) is 114 cm³/mol. The van der Waals surface area contributed by atoms with Crippen molar-refractivity contribution in [1.29, 1.82) is 0 Å². The van der Waals surface area contributed by atoms with E-state index in [4.69, 9.17) is 11.6 Å². The number of fused-ring (bicyclic) bond motifs is 1. The zero-order valence-corrected chi connectivity index (χ0v) is 18.2. The molecule has 7 heteroatoms. The number of rotatable bonds is 4. The van der Waals surface area contributed by atoms with Crippen molar-refractivity contribution in [3.8, 4) is 0 Å². The summed E-state index contributed by atoms with van der Waals surface area (Å²) in [6.45, 7) is 1.99. The summed E-state index contributed by atoms with van der Waals surface area (Å²) in [5.74, 6) is -0.599. The van der Waals surface area contributed by atoms with E-state index in [1.165, 1.54) is 23.9 Å². The molecule has 0 amide bonds. The fourth-order valence-corrected chi connectivity index (χ4v) is 6.96. The van der Waals surface area contributed by atoms with Gasteiger partial charge >= 0.3 is 0 Å². The van der Waals surface area contributed by atoms with Gasteiger partial charge in [0.05, 0.1) is 21.2 Å². The highest BCUT2D eigenvalue weighted by Gasteiger charge is 2.33. The first kappa shape index (κ1) is 20.4. The van der Waals surface area contributed by atoms with Gasteiger partial charge in [0.15, 0.2) is 21.4 Å². The van der Waals surface area contributed by atoms with E-state index >= 15 is 0 Å². The average Bonchev–Trinajstić information content (AvgIpc) is 2.97. The number of Topliss-reactive ketones (excluding diaryl/α,β-unsaturated/α-hetero) is 2. The summed E-state index contributed by atoms with van der Waals surface area (Å²) in [5, 5.41) is 0.152. The summed E-state index contributed by atoms with van der Waals surface area (Å²) in [7, 11) is -3.34. The summed E-state index contributed by atoms with van der Waals surface area (Å²) in [5.41, 5.74) is 1.98. The molecule has 0 bridgehead atoms. The Morgan fingerprint density at radius 2 is 1.90 bits per heavy atom. The van der Waals surface area contributed by atoms with Crippen LogP contribution in [0.5, 0.6) is 0 Å². The second kappa shape index (κ2) is 7.74. The molecule has 2 aliphatic rings. The van der Waals surface area contributed by atoms with Crippen molar-refractivity contribution in [3.05, 3.63) is 68.6 Å². The number of benzene rings is 2. The van der Waals surface area contributed by atoms with Gasteiger partial charge < -0.3 is 0 Å². The van der Waals surface area contributed by atoms with E-state index in [0.29, 0.717) is 24.8 Å². The van der Waals surface area contributed by atoms with Crippen LogP contribution in [0.4, 0.5) is 0 Å². The van der Waals surface area contributed by atoms with Gasteiger partial charge in [0, 0.05) is 21.8 Å². The number of ketones is 2. The zero-order valence-electron chi connectivity index (χ0n) is 15.8. The van der Waals surface area contributed by atoms with E-state index in [2.05, 4.69) is 0 Å². The van der Waals surface area contributed by atoms with Crippen LogP contribution in [-0.4, -0.2) is 25.7 Å². The Morgan fingerprint density at radius 1 is 1.10 bits per heavy atom. The van der Waals surface area contributed by atoms with Crippen LogP contribution in [0.25, 0.3) is 0 Å². The molecule has 0 spiro atoms. The van der Waals surface area contributed by atoms with Crippen LogP contribution in [-0.2, 0) is 21.1 Å². The average molecular weight is 447 g/mol. The number of aryl methyl sites for hydroxylation is 1. The number of carbonyl (C=O) groups is 2. The summed E-state index contributed by atoms with van der Waals surface area (Å²) in [4.78, 5) is 27.9. The minimum Gasteiger partial charge on any atom is -0.294 e. The minimum absolute atomic E-state index is 0.00418. The van der Waals surface area contributed by atoms with Crippen LogP contribution < -0.4 is 0 Å². The van der Waals surface area contributed by atoms with Gasteiger partial charge in [0.1, 0.15) is 0 Å². The van der Waals surface area contributed by atoms with Crippen LogP contribution in [0.3, 0.4) is 0 Å². The molecule has 2 aromatic rings. The van der Waals surface area contributed by atoms with Gasteiger partial charge in [-0.2, -0.15) is 0 Å². The maximum absolute atomic E-state index is 13.3. The Labute approximate surface area is 179 Å². The van der Waals surface area contributed by atoms with Crippen LogP contribution in [0.2, 0.25) is 5.02 Å². The Bertz CT molecular complexity index is 1180. The Kier molecular flexibility index (Phi) is 5.44. The standard InChI is InChI=1S/C22H19ClO4S2/c1-13-4-2-5-14(12-13)28-18-7-3-6-17(24)20(18)22(25)16-8-9-19-15(21(16)23)10-11-29(19,26)27/h2,4-5,8-9,12H,3,6-7,10-11H2,1H3. The van der Waals surface area contributed by atoms with Crippen LogP contribution in [0.1, 0.15) is 40.7 Å². The lowest BCUT2D eigenvalue weighted by Gasteiger charge is -2.19. The molecule has 0 saturated heterocycles. The van der Waals surface area contributed by atoms with E-state index in [0.717, 1.165) is 15.4 Å². The molecule has 1 heterocycles. The van der Waals surface area contributed by atoms with Gasteiger partial charge in [0.25, 0.3) is 0 Å². The van der Waals surface area contributed by atoms with E-state index in [9.17, 15) is 18.0 Å². The fourth-order valence-electron chi connectivity index (χ4n) is 3.78. The molecule has 0 fully saturated rings. The molecule has 2 aromatic carbocycles. The first-order chi connectivity index (χ1) is 13.8. The van der Waals surface area contributed by atoms with Crippen molar-refractivity contribution in [2.75, 3.05) is 5.75 Å². The van der Waals surface area contributed by atoms with E-state index < -0.39 is 15.6 Å². The topological polar surface area (TPSA) is 68.3 Å². The monoisotopic (exact) mass is 446 g/mol. The van der Waals surface area contributed by atoms with Gasteiger partial charge in [0.2, 0.25) is 0 Å². The van der Waals surface area contributed by atoms with E-state index in [-0.39, 0.29) is 39.0 Å². The quantitative estimate of drug-likeness (QED) is 0.490. The Hall–Kier alpha value is -1.89. The SMILES string of the molecule is Cc1cccc(SC2=C(C(=O)c3ccc4c(c3Cl)CCS4(=O)=O)C(=O)CCC2)c1. The highest BCUT2D eigenvalue weighted by molar-refractivity contribution is 8.03. The summed E-state index contributed by atoms with van der Waals surface area (Å²) >= 11 is 7.89. The van der Waals surface area contributed by atoms with Gasteiger partial charge in [-0.25, -0.2) is 8.42 Å². The highest BCUT2D eigenvalue weighted by atomic mass is 35.5. The summed E-state index contributed by atoms with van der Waals surface area (Å²) in [6, 6.07) is 10.8. The maximum atomic E-state index is 13.3. The third kappa shape index (κ3) is 3.81. The summed E-state index contributed by atoms with van der Waals surface area (Å²) < 4.78 is 24.2. The van der Waals surface area contributed by atoms with Crippen molar-refractivity contribution in [3.63, 3.8) is 0 Å². The molecule has 4 rings (SSSR count). The van der Waals surface area contributed by atoms with Crippen molar-refractivity contribution < 1.29 is 18.0 Å². The first-order valence-electron chi connectivity index (χ1n) is 9.37. The number of sulfone groups is 1. The third-order valence-electron chi connectivity index (χ3n) is 5.22. The second-order valence-electron chi connectivity index (χ2n) is 7.30. The lowest BCUT2D eigenvalue weighted by Crippen LogP contribution is -2.19. The van der Waals surface area contributed by atoms with Crippen LogP contribution in [0, 0.1) is 6.92 Å². The largest absolute Gasteiger partial charge is 0.294 e. The maximum Gasteiger partial charge on any atom is 0.198 e. The lowest BCUT2D eigenvalue weighted by molar-refractivity contribution is -0.115. The zero-order chi connectivity index (χ0) is 20.8. The molecule has 1 aliphatic carbocycles. The molecule has 4 nitrogen and oxygen atoms in total. The molecule has 0 saturated carbocycles. The smallest absolute Gasteiger partial charge is 0.198 e. The van der Waals surface area contributed by atoms with E-state index in [1.54, 1.807) is 0 Å². The summed E-state index contributed by atoms with van der Waals surface area (Å²) in [6.07, 6.45) is 1.98. The van der Waals surface area contributed by atoms with Crippen LogP contribution in [0.15, 0.2) is 56.7 Å². The number of allylic oxidation sites excluding steroid dienone is 2. The fraction of sp³-hybridized carbons (Fsp3) is 0.273. The Balaban J connectivity index is 1.77. The number of hydrogen-bond acceptors (Lipinski definition) is 5. The van der Waals surface area contributed by atoms with Gasteiger partial charge in [-0.1, -0.05) is 41.1 Å². The second-order valence-corrected chi connectivity index (χ2v) is 10.9. The van der Waals surface area contributed by atoms with Crippen molar-refractivity contribution in [2.24, 2.45) is 0 Å². The Morgan fingerprint density at radius 3 is 2.66 bits per heavy atom. The predicted octanol–water partition coefficient (Wildman–Crippen LogP) is 4.96. The lowest BCUT2D eigenvalue weighted by atomic mass is 9.91. The van der Waals surface area contributed by atoms with E-state index in [1.807, 2.05) is 31.2 Å². The van der Waals surface area contributed by atoms with Gasteiger partial charge in [-0.05, 0) is 56.0 Å². The van der Waals surface area contributed by atoms with Crippen molar-refractivity contribution in [1.82, 2.24) is 0 Å². The highest BCUT2D eigenvalue weighted by Crippen LogP contribution is 2.40. The molecule has 0 aromatic heterocycles. The minimum atomic E-state index is -3.34. The van der Waals surface area contributed by atoms with Crippen molar-refractivity contribution in [2.45, 2.75) is 42.4 Å². The molecular weight excluding hydrogens is 428 g/mol. The van der Waals surface area contributed by atoms with Gasteiger partial charge in [-0.15, -0.1) is 0 Å². The van der Waals surface area contributed by atoms with Gasteiger partial charge in [-0.3, -0.25) is 9.59 Å². The molecule has 29 heavy (non-hydrogen) atoms. The first-order valence-corrected chi connectivity index (χ1v) is 12.2. The molecule has 0 radical (unpaired) electrons.